The molecule has 0 aromatic carbocycles. The molecule has 0 aliphatic heterocycles. The molecule has 0 aliphatic rings. The van der Waals surface area contributed by atoms with Crippen molar-refractivity contribution in [3.05, 3.63) is 0 Å². The average molecular weight is 370 g/mol. The summed E-state index contributed by atoms with van der Waals surface area (Å²) in [5.41, 5.74) is 0. The predicted molar refractivity (Wildman–Crippen MR) is 61.6 cm³/mol. The first-order chi connectivity index (χ1) is 7.96. The van der Waals surface area contributed by atoms with Gasteiger partial charge in [0.2, 0.25) is 0 Å². The van der Waals surface area contributed by atoms with Crippen molar-refractivity contribution < 1.29 is 62.5 Å². The van der Waals surface area contributed by atoms with Crippen molar-refractivity contribution >= 4 is 31.7 Å². The molecule has 0 saturated heterocycles. The molecule has 120 valence electrons. The summed E-state index contributed by atoms with van der Waals surface area (Å²) in [7, 11) is -16.7. The third kappa shape index (κ3) is 14.8. The minimum Gasteiger partial charge on any atom is -0.368 e. The van der Waals surface area contributed by atoms with E-state index < -0.39 is 36.8 Å². The van der Waals surface area contributed by atoms with Crippen LogP contribution in [0.3, 0.4) is 0 Å². The Bertz CT molecular complexity index is 341. The molecular weight excluding hydrogens is 356 g/mol. The van der Waals surface area contributed by atoms with Crippen LogP contribution in [0.2, 0.25) is 0 Å². The van der Waals surface area contributed by atoms with Crippen LogP contribution in [-0.4, -0.2) is 49.3 Å². The fourth-order valence-corrected chi connectivity index (χ4v) is 1.53. The van der Waals surface area contributed by atoms with Crippen LogP contribution in [-0.2, 0) is 18.3 Å². The summed E-state index contributed by atoms with van der Waals surface area (Å²) >= 11 is 0. The molecule has 0 bridgehead atoms. The van der Waals surface area contributed by atoms with Gasteiger partial charge in [-0.2, -0.15) is 0 Å². The summed E-state index contributed by atoms with van der Waals surface area (Å²) in [6.07, 6.45) is 0. The molecule has 0 heterocycles. The third-order valence-electron chi connectivity index (χ3n) is 1.10. The lowest BCUT2D eigenvalue weighted by Crippen LogP contribution is -2.23. The van der Waals surface area contributed by atoms with Crippen LogP contribution in [0.4, 0.5) is 0 Å². The van der Waals surface area contributed by atoms with Crippen LogP contribution in [0, 0.1) is 0 Å². The lowest BCUT2D eigenvalue weighted by atomic mass is 10.9. The summed E-state index contributed by atoms with van der Waals surface area (Å²) in [6.45, 7) is 0.383. The van der Waals surface area contributed by atoms with Crippen molar-refractivity contribution in [3.8, 4) is 0 Å². The second kappa shape index (κ2) is 9.49. The first-order valence-corrected chi connectivity index (χ1v) is 9.47. The molecule has 19 heavy (non-hydrogen) atoms. The Morgan fingerprint density at radius 1 is 0.789 bits per heavy atom. The average Bonchev–Trinajstić information content (AvgIpc) is 1.96. The molecular formula is C2H14O13P4. The van der Waals surface area contributed by atoms with E-state index in [1.165, 1.54) is 0 Å². The van der Waals surface area contributed by atoms with Gasteiger partial charge in [-0.25, -0.2) is 0 Å². The molecule has 0 aromatic rings. The van der Waals surface area contributed by atoms with Gasteiger partial charge in [-0.3, -0.25) is 18.3 Å². The SMILES string of the molecule is CC(O)(P(=O)(O)O)P(=O)(O)O.O=[PH](O)O.O=[PH](O)O. The van der Waals surface area contributed by atoms with E-state index in [9.17, 15) is 9.13 Å². The number of aliphatic hydroxyl groups is 1. The zero-order valence-electron chi connectivity index (χ0n) is 9.05. The molecule has 0 aromatic heterocycles. The van der Waals surface area contributed by atoms with Crippen molar-refractivity contribution in [2.24, 2.45) is 0 Å². The van der Waals surface area contributed by atoms with Gasteiger partial charge in [0.1, 0.15) is 0 Å². The number of rotatable bonds is 2. The molecule has 0 atom stereocenters. The van der Waals surface area contributed by atoms with Crippen molar-refractivity contribution in [3.63, 3.8) is 0 Å². The fourth-order valence-electron chi connectivity index (χ4n) is 0.170. The van der Waals surface area contributed by atoms with Crippen LogP contribution in [0.5, 0.6) is 0 Å². The maximum Gasteiger partial charge on any atom is 0.369 e. The van der Waals surface area contributed by atoms with E-state index in [1.807, 2.05) is 0 Å². The second-order valence-corrected chi connectivity index (χ2v) is 8.02. The minimum atomic E-state index is -5.20. The maximum atomic E-state index is 10.3. The molecule has 17 heteroatoms. The molecule has 9 N–H and O–H groups in total. The minimum absolute atomic E-state index is 0.383. The van der Waals surface area contributed by atoms with Gasteiger partial charge in [0.05, 0.1) is 0 Å². The van der Waals surface area contributed by atoms with Crippen molar-refractivity contribution in [2.45, 2.75) is 12.0 Å². The molecule has 0 amide bonds. The van der Waals surface area contributed by atoms with Crippen LogP contribution in [0.25, 0.3) is 0 Å². The van der Waals surface area contributed by atoms with Crippen molar-refractivity contribution in [2.75, 3.05) is 0 Å². The molecule has 0 fully saturated rings. The Labute approximate surface area is 107 Å². The zero-order valence-corrected chi connectivity index (χ0v) is 12.8. The maximum absolute atomic E-state index is 10.3. The fraction of sp³-hybridized carbons (Fsp3) is 1.00. The van der Waals surface area contributed by atoms with E-state index in [4.69, 9.17) is 53.4 Å². The quantitative estimate of drug-likeness (QED) is 0.233. The van der Waals surface area contributed by atoms with Gasteiger partial charge in [0.15, 0.2) is 0 Å². The van der Waals surface area contributed by atoms with Gasteiger partial charge in [-0.1, -0.05) is 0 Å². The predicted octanol–water partition coefficient (Wildman–Crippen LogP) is -2.27. The van der Waals surface area contributed by atoms with Crippen LogP contribution in [0.15, 0.2) is 0 Å². The van der Waals surface area contributed by atoms with Crippen LogP contribution in [0.1, 0.15) is 6.92 Å². The topological polar surface area (TPSA) is 250 Å². The number of hydrogen-bond donors (Lipinski definition) is 9. The Morgan fingerprint density at radius 2 is 0.895 bits per heavy atom. The van der Waals surface area contributed by atoms with E-state index >= 15 is 0 Å². The summed E-state index contributed by atoms with van der Waals surface area (Å²) in [4.78, 5) is 61.6. The molecule has 0 saturated carbocycles. The summed E-state index contributed by atoms with van der Waals surface area (Å²) in [5.74, 6) is 0. The highest BCUT2D eigenvalue weighted by Gasteiger charge is 2.55. The standard InChI is InChI=1S/C2H8O7P2.2H3O3P/c1-2(3,10(4,5)6)11(7,8)9;2*1-4(2)3/h3H,1H3,(H2,4,5,6)(H2,7,8,9);2*4H,(H2,1,2,3). The van der Waals surface area contributed by atoms with E-state index in [2.05, 4.69) is 0 Å². The molecule has 0 aliphatic carbocycles. The normalized spacial score (nSPS) is 12.4. The Balaban J connectivity index is -0.000000264. The van der Waals surface area contributed by atoms with E-state index in [-0.39, 0.29) is 0 Å². The molecule has 13 nitrogen and oxygen atoms in total. The smallest absolute Gasteiger partial charge is 0.368 e. The van der Waals surface area contributed by atoms with Gasteiger partial charge in [-0.05, 0) is 6.92 Å². The van der Waals surface area contributed by atoms with Gasteiger partial charge < -0.3 is 44.3 Å². The Kier molecular flexibility index (Phi) is 12.3. The zero-order chi connectivity index (χ0) is 16.7. The Hall–Kier alpha value is 0.560. The van der Waals surface area contributed by atoms with Crippen molar-refractivity contribution in [1.82, 2.24) is 0 Å². The molecule has 0 spiro atoms. The Morgan fingerprint density at radius 3 is 0.895 bits per heavy atom. The largest absolute Gasteiger partial charge is 0.369 e. The van der Waals surface area contributed by atoms with E-state index in [0.717, 1.165) is 0 Å². The summed E-state index contributed by atoms with van der Waals surface area (Å²) in [6, 6.07) is 0. The van der Waals surface area contributed by atoms with Crippen LogP contribution < -0.4 is 0 Å². The second-order valence-electron chi connectivity index (χ2n) is 2.62. The highest BCUT2D eigenvalue weighted by molar-refractivity contribution is 7.71. The third-order valence-corrected chi connectivity index (χ3v) is 4.87. The van der Waals surface area contributed by atoms with Gasteiger partial charge in [0.25, 0.3) is 5.08 Å². The summed E-state index contributed by atoms with van der Waals surface area (Å²) in [5, 5.41) is 5.37. The van der Waals surface area contributed by atoms with Crippen LogP contribution >= 0.6 is 31.7 Å². The highest BCUT2D eigenvalue weighted by atomic mass is 31.2. The van der Waals surface area contributed by atoms with E-state index in [0.29, 0.717) is 6.92 Å². The van der Waals surface area contributed by atoms with Gasteiger partial charge in [0, 0.05) is 0 Å². The first-order valence-electron chi connectivity index (χ1n) is 3.64. The first kappa shape index (κ1) is 24.6. The summed E-state index contributed by atoms with van der Waals surface area (Å²) < 4.78 is 38.0. The van der Waals surface area contributed by atoms with Crippen molar-refractivity contribution in [1.29, 1.82) is 0 Å². The highest BCUT2D eigenvalue weighted by Crippen LogP contribution is 2.66. The lowest BCUT2D eigenvalue weighted by molar-refractivity contribution is 0.146. The number of hydrogen-bond acceptors (Lipinski definition) is 5. The monoisotopic (exact) mass is 370 g/mol. The molecule has 0 rings (SSSR count). The molecule has 0 unspecified atom stereocenters. The van der Waals surface area contributed by atoms with Gasteiger partial charge in [-0.15, -0.1) is 0 Å². The molecule has 0 radical (unpaired) electrons. The van der Waals surface area contributed by atoms with Gasteiger partial charge >= 0.3 is 31.7 Å². The van der Waals surface area contributed by atoms with E-state index in [1.54, 1.807) is 0 Å². The lowest BCUT2D eigenvalue weighted by Gasteiger charge is -2.24.